The lowest BCUT2D eigenvalue weighted by atomic mass is 9.85. The fourth-order valence-corrected chi connectivity index (χ4v) is 5.29. The van der Waals surface area contributed by atoms with Crippen molar-refractivity contribution in [2.24, 2.45) is 5.16 Å². The van der Waals surface area contributed by atoms with Gasteiger partial charge in [0.05, 0.1) is 24.1 Å². The molecule has 39 heavy (non-hydrogen) atoms. The van der Waals surface area contributed by atoms with Gasteiger partial charge in [0.15, 0.2) is 0 Å². The molecule has 6 nitrogen and oxygen atoms in total. The van der Waals surface area contributed by atoms with Gasteiger partial charge in [0.2, 0.25) is 0 Å². The van der Waals surface area contributed by atoms with Crippen LogP contribution in [0.3, 0.4) is 0 Å². The maximum Gasteiger partial charge on any atom is 0.435 e. The number of aromatic nitrogens is 4. The van der Waals surface area contributed by atoms with Crippen LogP contribution < -0.4 is 0 Å². The maximum atomic E-state index is 14.5. The van der Waals surface area contributed by atoms with E-state index in [4.69, 9.17) is 28.0 Å². The van der Waals surface area contributed by atoms with Gasteiger partial charge in [0.1, 0.15) is 5.69 Å². The highest BCUT2D eigenvalue weighted by molar-refractivity contribution is 6.34. The summed E-state index contributed by atoms with van der Waals surface area (Å²) < 4.78 is 45.2. The van der Waals surface area contributed by atoms with Gasteiger partial charge in [0.25, 0.3) is 5.60 Å². The number of benzene rings is 3. The number of alkyl halides is 3. The molecule has 0 saturated heterocycles. The van der Waals surface area contributed by atoms with E-state index in [1.54, 1.807) is 23.0 Å². The first-order valence-corrected chi connectivity index (χ1v) is 12.6. The van der Waals surface area contributed by atoms with Crippen LogP contribution in [0.4, 0.5) is 13.2 Å². The van der Waals surface area contributed by atoms with Gasteiger partial charge in [0, 0.05) is 39.4 Å². The number of oxime groups is 1. The minimum absolute atomic E-state index is 0.0732. The van der Waals surface area contributed by atoms with E-state index < -0.39 is 18.2 Å². The minimum atomic E-state index is -4.78. The topological polar surface area (TPSA) is 65.2 Å². The Morgan fingerprint density at radius 3 is 2.28 bits per heavy atom. The van der Waals surface area contributed by atoms with Crippen LogP contribution in [0.25, 0.3) is 22.0 Å². The second-order valence-corrected chi connectivity index (χ2v) is 9.99. The number of halogens is 5. The lowest BCUT2D eigenvalue weighted by Crippen LogP contribution is -2.42. The second kappa shape index (κ2) is 9.66. The Labute approximate surface area is 230 Å². The standard InChI is InChI=1S/C28H18Cl2F3N5O/c29-18-11-17(12-19(30)13-18)27(28(31,32)33)14-25(36-39-27)23-8-9-24(22-7-2-1-6-21(22)23)26-16-38(37-35-26)15-20-5-3-4-10-34-20/h1-13,16H,14-15H2. The smallest absolute Gasteiger partial charge is 0.374 e. The van der Waals surface area contributed by atoms with Gasteiger partial charge < -0.3 is 4.84 Å². The lowest BCUT2D eigenvalue weighted by Gasteiger charge is -2.29. The molecule has 0 saturated carbocycles. The summed E-state index contributed by atoms with van der Waals surface area (Å²) in [6.07, 6.45) is -1.81. The van der Waals surface area contributed by atoms with E-state index in [0.29, 0.717) is 23.2 Å². The van der Waals surface area contributed by atoms with Crippen LogP contribution in [0.2, 0.25) is 10.0 Å². The van der Waals surface area contributed by atoms with Crippen LogP contribution in [-0.2, 0) is 17.0 Å². The average Bonchev–Trinajstić information content (AvgIpc) is 3.56. The Hall–Kier alpha value is -3.95. The molecule has 196 valence electrons. The fourth-order valence-electron chi connectivity index (χ4n) is 4.77. The summed E-state index contributed by atoms with van der Waals surface area (Å²) in [5.74, 6) is 0. The van der Waals surface area contributed by atoms with Crippen molar-refractivity contribution in [2.75, 3.05) is 0 Å². The normalized spacial score (nSPS) is 17.3. The van der Waals surface area contributed by atoms with Crippen molar-refractivity contribution >= 4 is 39.7 Å². The molecule has 0 amide bonds. The molecular weight excluding hydrogens is 550 g/mol. The van der Waals surface area contributed by atoms with Crippen LogP contribution in [0.1, 0.15) is 23.2 Å². The van der Waals surface area contributed by atoms with Gasteiger partial charge in [-0.05, 0) is 41.1 Å². The third kappa shape index (κ3) is 4.62. The SMILES string of the molecule is FC(F)(F)C1(c2cc(Cl)cc(Cl)c2)CC(c2ccc(-c3cn(Cc4ccccn4)nn3)c3ccccc23)=NO1. The van der Waals surface area contributed by atoms with Gasteiger partial charge in [-0.15, -0.1) is 5.10 Å². The first kappa shape index (κ1) is 25.3. The summed E-state index contributed by atoms with van der Waals surface area (Å²) in [6.45, 7) is 0.449. The highest BCUT2D eigenvalue weighted by atomic mass is 35.5. The summed E-state index contributed by atoms with van der Waals surface area (Å²) >= 11 is 12.1. The first-order chi connectivity index (χ1) is 18.7. The van der Waals surface area contributed by atoms with Crippen molar-refractivity contribution in [3.8, 4) is 11.3 Å². The van der Waals surface area contributed by atoms with E-state index in [0.717, 1.165) is 16.6 Å². The molecule has 0 spiro atoms. The number of rotatable bonds is 5. The molecule has 1 aliphatic rings. The van der Waals surface area contributed by atoms with Gasteiger partial charge in [-0.25, -0.2) is 4.68 Å². The predicted octanol–water partition coefficient (Wildman–Crippen LogP) is 7.43. The monoisotopic (exact) mass is 567 g/mol. The number of pyridine rings is 1. The molecule has 0 N–H and O–H groups in total. The summed E-state index contributed by atoms with van der Waals surface area (Å²) in [5, 5.41) is 14.1. The molecular formula is C28H18Cl2F3N5O. The second-order valence-electron chi connectivity index (χ2n) is 9.12. The molecule has 1 aliphatic heterocycles. The third-order valence-electron chi connectivity index (χ3n) is 6.61. The van der Waals surface area contributed by atoms with Gasteiger partial charge in [-0.3, -0.25) is 4.98 Å². The largest absolute Gasteiger partial charge is 0.435 e. The van der Waals surface area contributed by atoms with Gasteiger partial charge in [-0.1, -0.05) is 76.0 Å². The van der Waals surface area contributed by atoms with Crippen LogP contribution in [-0.4, -0.2) is 31.9 Å². The maximum absolute atomic E-state index is 14.5. The van der Waals surface area contributed by atoms with Crippen LogP contribution in [0.15, 0.2) is 90.3 Å². The molecule has 3 heterocycles. The molecule has 0 bridgehead atoms. The Balaban J connectivity index is 1.37. The summed E-state index contributed by atoms with van der Waals surface area (Å²) in [6, 6.07) is 20.3. The zero-order valence-electron chi connectivity index (χ0n) is 20.0. The molecule has 6 rings (SSSR count). The Morgan fingerprint density at radius 2 is 1.59 bits per heavy atom. The Kier molecular flexibility index (Phi) is 6.28. The number of hydrogen-bond acceptors (Lipinski definition) is 5. The zero-order chi connectivity index (χ0) is 27.2. The first-order valence-electron chi connectivity index (χ1n) is 11.8. The summed E-state index contributed by atoms with van der Waals surface area (Å²) in [4.78, 5) is 9.52. The molecule has 0 aliphatic carbocycles. The molecule has 11 heteroatoms. The Bertz CT molecular complexity index is 1700. The van der Waals surface area contributed by atoms with Crippen molar-refractivity contribution in [1.82, 2.24) is 20.0 Å². The molecule has 5 aromatic rings. The summed E-state index contributed by atoms with van der Waals surface area (Å²) in [7, 11) is 0. The predicted molar refractivity (Wildman–Crippen MR) is 143 cm³/mol. The molecule has 0 radical (unpaired) electrons. The molecule has 0 fully saturated rings. The van der Waals surface area contributed by atoms with Crippen LogP contribution in [0, 0.1) is 0 Å². The highest BCUT2D eigenvalue weighted by Gasteiger charge is 2.62. The molecule has 1 unspecified atom stereocenters. The summed E-state index contributed by atoms with van der Waals surface area (Å²) in [5.41, 5.74) is -0.00908. The van der Waals surface area contributed by atoms with E-state index in [1.165, 1.54) is 18.2 Å². The van der Waals surface area contributed by atoms with Crippen molar-refractivity contribution < 1.29 is 18.0 Å². The van der Waals surface area contributed by atoms with Crippen molar-refractivity contribution in [3.63, 3.8) is 0 Å². The quantitative estimate of drug-likeness (QED) is 0.221. The Morgan fingerprint density at radius 1 is 0.897 bits per heavy atom. The lowest BCUT2D eigenvalue weighted by molar-refractivity contribution is -0.275. The van der Waals surface area contributed by atoms with E-state index >= 15 is 0 Å². The zero-order valence-corrected chi connectivity index (χ0v) is 21.5. The fraction of sp³-hybridized carbons (Fsp3) is 0.143. The number of fused-ring (bicyclic) bond motifs is 1. The van der Waals surface area contributed by atoms with E-state index in [1.807, 2.05) is 48.7 Å². The van der Waals surface area contributed by atoms with Crippen molar-refractivity contribution in [1.29, 1.82) is 0 Å². The molecule has 2 aromatic heterocycles. The van der Waals surface area contributed by atoms with Gasteiger partial charge >= 0.3 is 6.18 Å². The number of hydrogen-bond donors (Lipinski definition) is 0. The van der Waals surface area contributed by atoms with Crippen LogP contribution in [0.5, 0.6) is 0 Å². The minimum Gasteiger partial charge on any atom is -0.374 e. The van der Waals surface area contributed by atoms with Crippen LogP contribution >= 0.6 is 23.2 Å². The van der Waals surface area contributed by atoms with E-state index in [-0.39, 0.29) is 21.3 Å². The third-order valence-corrected chi connectivity index (χ3v) is 7.05. The molecule has 3 aromatic carbocycles. The van der Waals surface area contributed by atoms with E-state index in [9.17, 15) is 13.2 Å². The van der Waals surface area contributed by atoms with E-state index in [2.05, 4.69) is 20.5 Å². The van der Waals surface area contributed by atoms with Gasteiger partial charge in [-0.2, -0.15) is 13.2 Å². The highest BCUT2D eigenvalue weighted by Crippen LogP contribution is 2.50. The number of nitrogens with zero attached hydrogens (tertiary/aromatic N) is 5. The average molecular weight is 568 g/mol. The molecule has 1 atom stereocenters. The van der Waals surface area contributed by atoms with Crippen molar-refractivity contribution in [2.45, 2.75) is 24.7 Å². The van der Waals surface area contributed by atoms with Crippen molar-refractivity contribution in [3.05, 3.63) is 112 Å².